The molecule has 1 N–H and O–H groups in total. The highest BCUT2D eigenvalue weighted by molar-refractivity contribution is 6.05. The van der Waals surface area contributed by atoms with E-state index in [1.807, 2.05) is 0 Å². The quantitative estimate of drug-likeness (QED) is 0.761. The van der Waals surface area contributed by atoms with E-state index in [1.54, 1.807) is 39.0 Å². The van der Waals surface area contributed by atoms with E-state index < -0.39 is 0 Å². The average Bonchev–Trinajstić information content (AvgIpc) is 2.88. The first-order valence-corrected chi connectivity index (χ1v) is 8.13. The number of carbonyl (C=O) groups excluding carboxylic acids is 2. The highest BCUT2D eigenvalue weighted by atomic mass is 16.5. The first kappa shape index (κ1) is 19.3. The van der Waals surface area contributed by atoms with E-state index in [0.29, 0.717) is 40.7 Å². The van der Waals surface area contributed by atoms with Crippen molar-refractivity contribution in [1.82, 2.24) is 9.78 Å². The van der Waals surface area contributed by atoms with Crippen molar-refractivity contribution in [2.75, 3.05) is 26.1 Å². The average molecular weight is 361 g/mol. The Morgan fingerprint density at radius 2 is 1.73 bits per heavy atom. The van der Waals surface area contributed by atoms with Crippen molar-refractivity contribution in [2.45, 2.75) is 27.3 Å². The van der Waals surface area contributed by atoms with Gasteiger partial charge in [-0.15, -0.1) is 0 Å². The number of amides is 1. The van der Waals surface area contributed by atoms with Crippen LogP contribution in [0.4, 0.5) is 5.69 Å². The van der Waals surface area contributed by atoms with E-state index in [1.165, 1.54) is 18.9 Å². The molecule has 0 atom stereocenters. The van der Waals surface area contributed by atoms with Crippen LogP contribution in [-0.4, -0.2) is 42.5 Å². The Balaban J connectivity index is 2.24. The predicted molar refractivity (Wildman–Crippen MR) is 95.8 cm³/mol. The van der Waals surface area contributed by atoms with Crippen LogP contribution in [0.1, 0.15) is 28.7 Å². The smallest absolute Gasteiger partial charge is 0.327 e. The number of hydrogen-bond acceptors (Lipinski definition) is 6. The normalized spacial score (nSPS) is 10.3. The third kappa shape index (κ3) is 4.33. The van der Waals surface area contributed by atoms with Gasteiger partial charge in [-0.05, 0) is 32.9 Å². The summed E-state index contributed by atoms with van der Waals surface area (Å²) >= 11 is 0. The molecule has 2 rings (SSSR count). The third-order valence-electron chi connectivity index (χ3n) is 3.82. The van der Waals surface area contributed by atoms with E-state index in [0.717, 1.165) is 0 Å². The van der Waals surface area contributed by atoms with Crippen molar-refractivity contribution in [3.8, 4) is 11.5 Å². The van der Waals surface area contributed by atoms with Gasteiger partial charge in [-0.3, -0.25) is 14.3 Å². The van der Waals surface area contributed by atoms with Gasteiger partial charge in [-0.2, -0.15) is 5.10 Å². The molecule has 2 aromatic rings. The number of esters is 1. The second-order valence-electron chi connectivity index (χ2n) is 5.56. The van der Waals surface area contributed by atoms with E-state index in [4.69, 9.17) is 14.2 Å². The van der Waals surface area contributed by atoms with Gasteiger partial charge in [0.05, 0.1) is 37.9 Å². The van der Waals surface area contributed by atoms with Gasteiger partial charge in [0, 0.05) is 11.6 Å². The first-order chi connectivity index (χ1) is 12.4. The molecule has 0 spiro atoms. The molecule has 1 amide bonds. The number of nitrogens with zero attached hydrogens (tertiary/aromatic N) is 2. The SMILES string of the molecule is CCOC(=O)Cn1nc(C)c(NC(=O)c2cc(OC)cc(OC)c2)c1C. The molecule has 1 aromatic heterocycles. The third-order valence-corrected chi connectivity index (χ3v) is 3.82. The number of carbonyl (C=O) groups is 2. The highest BCUT2D eigenvalue weighted by Gasteiger charge is 2.18. The Labute approximate surface area is 152 Å². The van der Waals surface area contributed by atoms with Gasteiger partial charge in [0.1, 0.15) is 18.0 Å². The lowest BCUT2D eigenvalue weighted by atomic mass is 10.1. The standard InChI is InChI=1S/C18H23N3O5/c1-6-26-16(22)10-21-12(3)17(11(2)20-21)19-18(23)13-7-14(24-4)9-15(8-13)25-5/h7-9H,6,10H2,1-5H3,(H,19,23). The molecule has 0 fully saturated rings. The molecular formula is C18H23N3O5. The second kappa shape index (κ2) is 8.37. The monoisotopic (exact) mass is 361 g/mol. The zero-order valence-electron chi connectivity index (χ0n) is 15.6. The molecule has 1 aromatic carbocycles. The maximum Gasteiger partial charge on any atom is 0.327 e. The van der Waals surface area contributed by atoms with Crippen molar-refractivity contribution >= 4 is 17.6 Å². The number of anilines is 1. The van der Waals surface area contributed by atoms with Crippen molar-refractivity contribution in [3.05, 3.63) is 35.2 Å². The molecule has 26 heavy (non-hydrogen) atoms. The minimum absolute atomic E-state index is 0.0105. The summed E-state index contributed by atoms with van der Waals surface area (Å²) in [6, 6.07) is 4.92. The summed E-state index contributed by atoms with van der Waals surface area (Å²) in [6.07, 6.45) is 0. The Kier molecular flexibility index (Phi) is 6.21. The van der Waals surface area contributed by atoms with Crippen LogP contribution in [0.15, 0.2) is 18.2 Å². The summed E-state index contributed by atoms with van der Waals surface area (Å²) in [5.41, 5.74) is 2.22. The summed E-state index contributed by atoms with van der Waals surface area (Å²) in [5, 5.41) is 7.14. The summed E-state index contributed by atoms with van der Waals surface area (Å²) < 4.78 is 16.8. The van der Waals surface area contributed by atoms with E-state index in [-0.39, 0.29) is 18.4 Å². The van der Waals surface area contributed by atoms with Gasteiger partial charge in [-0.1, -0.05) is 0 Å². The lowest BCUT2D eigenvalue weighted by molar-refractivity contribution is -0.144. The molecule has 8 heteroatoms. The van der Waals surface area contributed by atoms with Crippen LogP contribution in [0.25, 0.3) is 0 Å². The fraction of sp³-hybridized carbons (Fsp3) is 0.389. The molecule has 0 saturated heterocycles. The number of aryl methyl sites for hydroxylation is 1. The van der Waals surface area contributed by atoms with E-state index in [9.17, 15) is 9.59 Å². The van der Waals surface area contributed by atoms with Crippen molar-refractivity contribution in [3.63, 3.8) is 0 Å². The van der Waals surface area contributed by atoms with Crippen molar-refractivity contribution < 1.29 is 23.8 Å². The number of aromatic nitrogens is 2. The molecule has 0 unspecified atom stereocenters. The van der Waals surface area contributed by atoms with Crippen LogP contribution in [-0.2, 0) is 16.1 Å². The van der Waals surface area contributed by atoms with Gasteiger partial charge in [0.15, 0.2) is 0 Å². The van der Waals surface area contributed by atoms with Crippen molar-refractivity contribution in [2.24, 2.45) is 0 Å². The Hall–Kier alpha value is -3.03. The fourth-order valence-electron chi connectivity index (χ4n) is 2.48. The molecule has 0 radical (unpaired) electrons. The molecule has 0 bridgehead atoms. The molecule has 8 nitrogen and oxygen atoms in total. The summed E-state index contributed by atoms with van der Waals surface area (Å²) in [4.78, 5) is 24.3. The molecule has 1 heterocycles. The van der Waals surface area contributed by atoms with Crippen LogP contribution < -0.4 is 14.8 Å². The van der Waals surface area contributed by atoms with Crippen LogP contribution in [0.3, 0.4) is 0 Å². The topological polar surface area (TPSA) is 91.7 Å². The minimum Gasteiger partial charge on any atom is -0.497 e. The first-order valence-electron chi connectivity index (χ1n) is 8.13. The van der Waals surface area contributed by atoms with Gasteiger partial charge in [0.25, 0.3) is 5.91 Å². The van der Waals surface area contributed by atoms with Gasteiger partial charge in [-0.25, -0.2) is 0 Å². The van der Waals surface area contributed by atoms with E-state index >= 15 is 0 Å². The van der Waals surface area contributed by atoms with Crippen LogP contribution in [0.5, 0.6) is 11.5 Å². The predicted octanol–water partition coefficient (Wildman–Crippen LogP) is 2.33. The van der Waals surface area contributed by atoms with Gasteiger partial charge < -0.3 is 19.5 Å². The number of rotatable bonds is 7. The van der Waals surface area contributed by atoms with Crippen LogP contribution in [0, 0.1) is 13.8 Å². The number of benzene rings is 1. The molecule has 0 aliphatic carbocycles. The zero-order valence-corrected chi connectivity index (χ0v) is 15.6. The molecular weight excluding hydrogens is 338 g/mol. The summed E-state index contributed by atoms with van der Waals surface area (Å²) in [7, 11) is 3.04. The number of methoxy groups -OCH3 is 2. The number of ether oxygens (including phenoxy) is 3. The fourth-order valence-corrected chi connectivity index (χ4v) is 2.48. The van der Waals surface area contributed by atoms with E-state index in [2.05, 4.69) is 10.4 Å². The molecule has 0 aliphatic heterocycles. The summed E-state index contributed by atoms with van der Waals surface area (Å²) in [5.74, 6) is 0.319. The Morgan fingerprint density at radius 1 is 1.12 bits per heavy atom. The highest BCUT2D eigenvalue weighted by Crippen LogP contribution is 2.25. The van der Waals surface area contributed by atoms with Crippen LogP contribution in [0.2, 0.25) is 0 Å². The summed E-state index contributed by atoms with van der Waals surface area (Å²) in [6.45, 7) is 5.58. The Bertz CT molecular complexity index is 791. The molecule has 140 valence electrons. The van der Waals surface area contributed by atoms with Gasteiger partial charge >= 0.3 is 5.97 Å². The molecule has 0 aliphatic rings. The minimum atomic E-state index is -0.381. The molecule has 0 saturated carbocycles. The number of nitrogens with one attached hydrogen (secondary N) is 1. The van der Waals surface area contributed by atoms with Crippen molar-refractivity contribution in [1.29, 1.82) is 0 Å². The maximum absolute atomic E-state index is 12.6. The van der Waals surface area contributed by atoms with Crippen LogP contribution >= 0.6 is 0 Å². The lowest BCUT2D eigenvalue weighted by Gasteiger charge is -2.10. The lowest BCUT2D eigenvalue weighted by Crippen LogP contribution is -2.16. The maximum atomic E-state index is 12.6. The largest absolute Gasteiger partial charge is 0.497 e. The van der Waals surface area contributed by atoms with Gasteiger partial charge in [0.2, 0.25) is 0 Å². The number of hydrogen-bond donors (Lipinski definition) is 1. The Morgan fingerprint density at radius 3 is 2.27 bits per heavy atom. The zero-order chi connectivity index (χ0) is 19.3. The second-order valence-corrected chi connectivity index (χ2v) is 5.56.